The Labute approximate surface area is 167 Å². The van der Waals surface area contributed by atoms with Gasteiger partial charge in [-0.05, 0) is 61.4 Å². The number of H-pyrrole nitrogens is 1. The van der Waals surface area contributed by atoms with E-state index in [1.54, 1.807) is 0 Å². The van der Waals surface area contributed by atoms with Crippen LogP contribution in [0.2, 0.25) is 0 Å². The Morgan fingerprint density at radius 1 is 1.11 bits per heavy atom. The molecule has 2 aromatic carbocycles. The highest BCUT2D eigenvalue weighted by Gasteiger charge is 2.25. The lowest BCUT2D eigenvalue weighted by Crippen LogP contribution is -2.32. The zero-order valence-corrected chi connectivity index (χ0v) is 16.9. The Kier molecular flexibility index (Phi) is 5.65. The lowest BCUT2D eigenvalue weighted by molar-refractivity contribution is 0.209. The van der Waals surface area contributed by atoms with Crippen molar-refractivity contribution >= 4 is 10.9 Å². The maximum absolute atomic E-state index is 9.22. The molecule has 3 nitrogen and oxygen atoms in total. The van der Waals surface area contributed by atoms with Crippen LogP contribution in [0, 0.1) is 13.8 Å². The van der Waals surface area contributed by atoms with Gasteiger partial charge in [-0.3, -0.25) is 4.90 Å². The molecule has 28 heavy (non-hydrogen) atoms. The van der Waals surface area contributed by atoms with E-state index in [1.807, 2.05) is 0 Å². The van der Waals surface area contributed by atoms with Crippen LogP contribution in [-0.2, 0) is 6.54 Å². The minimum absolute atomic E-state index is 0.269. The number of aliphatic hydroxyl groups is 1. The average Bonchev–Trinajstić information content (AvgIpc) is 3.21. The van der Waals surface area contributed by atoms with Crippen molar-refractivity contribution < 1.29 is 5.11 Å². The molecule has 146 valence electrons. The molecule has 1 aliphatic rings. The standard InChI is InChI=1S/C25H30N2O/c1-18-15-19(2)25-22(10-12-26-25)23(18)17-27-13-11-20(7-6-14-28)16-24(27)21-8-4-3-5-9-21/h3-5,8-10,12,15-16,24,26,28H,6-7,11,13-14,17H2,1-2H3. The second-order valence-electron chi connectivity index (χ2n) is 7.98. The number of hydrogen-bond donors (Lipinski definition) is 2. The molecular formula is C25H30N2O. The largest absolute Gasteiger partial charge is 0.396 e. The van der Waals surface area contributed by atoms with Crippen molar-refractivity contribution in [2.24, 2.45) is 0 Å². The Hall–Kier alpha value is -2.36. The van der Waals surface area contributed by atoms with Crippen LogP contribution in [-0.4, -0.2) is 28.1 Å². The highest BCUT2D eigenvalue weighted by molar-refractivity contribution is 5.87. The molecule has 3 heteroatoms. The lowest BCUT2D eigenvalue weighted by Gasteiger charge is -2.35. The van der Waals surface area contributed by atoms with Crippen LogP contribution in [0.25, 0.3) is 10.9 Å². The van der Waals surface area contributed by atoms with Crippen molar-refractivity contribution in [3.05, 3.63) is 82.6 Å². The molecule has 0 saturated carbocycles. The van der Waals surface area contributed by atoms with Gasteiger partial charge in [-0.15, -0.1) is 0 Å². The number of aromatic nitrogens is 1. The molecule has 2 heterocycles. The van der Waals surface area contributed by atoms with Crippen molar-refractivity contribution in [1.82, 2.24) is 9.88 Å². The summed E-state index contributed by atoms with van der Waals surface area (Å²) >= 11 is 0. The van der Waals surface area contributed by atoms with Gasteiger partial charge in [0.1, 0.15) is 0 Å². The first-order valence-corrected chi connectivity index (χ1v) is 10.3. The van der Waals surface area contributed by atoms with E-state index in [1.165, 1.54) is 38.7 Å². The maximum Gasteiger partial charge on any atom is 0.0537 e. The van der Waals surface area contributed by atoms with Crippen LogP contribution in [0.15, 0.2) is 60.3 Å². The van der Waals surface area contributed by atoms with E-state index in [0.29, 0.717) is 6.04 Å². The van der Waals surface area contributed by atoms with Crippen molar-refractivity contribution in [1.29, 1.82) is 0 Å². The monoisotopic (exact) mass is 374 g/mol. The molecule has 0 aliphatic carbocycles. The molecule has 0 bridgehead atoms. The molecule has 0 saturated heterocycles. The first kappa shape index (κ1) is 19.0. The molecule has 0 fully saturated rings. The molecule has 3 aromatic rings. The van der Waals surface area contributed by atoms with Crippen LogP contribution >= 0.6 is 0 Å². The summed E-state index contributed by atoms with van der Waals surface area (Å²) in [6, 6.07) is 15.6. The van der Waals surface area contributed by atoms with Crippen LogP contribution in [0.1, 0.15) is 47.6 Å². The van der Waals surface area contributed by atoms with Crippen LogP contribution in [0.5, 0.6) is 0 Å². The predicted octanol–water partition coefficient (Wildman–Crippen LogP) is 5.43. The quantitative estimate of drug-likeness (QED) is 0.565. The van der Waals surface area contributed by atoms with Crippen LogP contribution < -0.4 is 0 Å². The van der Waals surface area contributed by atoms with E-state index in [2.05, 4.69) is 78.5 Å². The molecule has 1 aromatic heterocycles. The van der Waals surface area contributed by atoms with E-state index in [0.717, 1.165) is 32.4 Å². The number of nitrogens with zero attached hydrogens (tertiary/aromatic N) is 1. The van der Waals surface area contributed by atoms with Gasteiger partial charge in [-0.2, -0.15) is 0 Å². The normalized spacial score (nSPS) is 17.8. The number of fused-ring (bicyclic) bond motifs is 1. The summed E-state index contributed by atoms with van der Waals surface area (Å²) in [4.78, 5) is 6.01. The summed E-state index contributed by atoms with van der Waals surface area (Å²) < 4.78 is 0. The van der Waals surface area contributed by atoms with Gasteiger partial charge >= 0.3 is 0 Å². The zero-order chi connectivity index (χ0) is 19.5. The summed E-state index contributed by atoms with van der Waals surface area (Å²) in [6.07, 6.45) is 7.43. The molecule has 1 aliphatic heterocycles. The minimum Gasteiger partial charge on any atom is -0.396 e. The van der Waals surface area contributed by atoms with Crippen LogP contribution in [0.4, 0.5) is 0 Å². The predicted molar refractivity (Wildman–Crippen MR) is 116 cm³/mol. The summed E-state index contributed by atoms with van der Waals surface area (Å²) in [5.41, 5.74) is 8.19. The SMILES string of the molecule is Cc1cc(C)c2[nH]ccc2c1CN1CCC(CCCO)=CC1c1ccccc1. The van der Waals surface area contributed by atoms with Gasteiger partial charge in [0.05, 0.1) is 6.04 Å². The summed E-state index contributed by atoms with van der Waals surface area (Å²) in [6.45, 7) is 6.68. The molecule has 0 amide bonds. The molecule has 2 N–H and O–H groups in total. The fourth-order valence-corrected chi connectivity index (χ4v) is 4.54. The summed E-state index contributed by atoms with van der Waals surface area (Å²) in [5.74, 6) is 0. The third-order valence-corrected chi connectivity index (χ3v) is 6.04. The molecule has 1 atom stereocenters. The Balaban J connectivity index is 1.69. The summed E-state index contributed by atoms with van der Waals surface area (Å²) in [5, 5.41) is 10.6. The number of aliphatic hydroxyl groups excluding tert-OH is 1. The Bertz CT molecular complexity index is 971. The molecule has 1 unspecified atom stereocenters. The lowest BCUT2D eigenvalue weighted by atomic mass is 9.92. The fraction of sp³-hybridized carbons (Fsp3) is 0.360. The van der Waals surface area contributed by atoms with Crippen molar-refractivity contribution in [3.8, 4) is 0 Å². The van der Waals surface area contributed by atoms with Gasteiger partial charge in [0.15, 0.2) is 0 Å². The second-order valence-corrected chi connectivity index (χ2v) is 7.98. The van der Waals surface area contributed by atoms with Gasteiger partial charge in [0, 0.05) is 36.8 Å². The van der Waals surface area contributed by atoms with E-state index < -0.39 is 0 Å². The number of rotatable bonds is 6. The third-order valence-electron chi connectivity index (χ3n) is 6.04. The van der Waals surface area contributed by atoms with Gasteiger partial charge in [-0.1, -0.05) is 48.0 Å². The van der Waals surface area contributed by atoms with Crippen LogP contribution in [0.3, 0.4) is 0 Å². The number of benzene rings is 2. The first-order valence-electron chi connectivity index (χ1n) is 10.3. The van der Waals surface area contributed by atoms with Gasteiger partial charge < -0.3 is 10.1 Å². The maximum atomic E-state index is 9.22. The zero-order valence-electron chi connectivity index (χ0n) is 16.9. The van der Waals surface area contributed by atoms with Gasteiger partial charge in [0.25, 0.3) is 0 Å². The first-order chi connectivity index (χ1) is 13.7. The number of nitrogens with one attached hydrogen (secondary N) is 1. The average molecular weight is 375 g/mol. The van der Waals surface area contributed by atoms with E-state index in [-0.39, 0.29) is 6.61 Å². The van der Waals surface area contributed by atoms with Crippen molar-refractivity contribution in [2.75, 3.05) is 13.2 Å². The number of aryl methyl sites for hydroxylation is 2. The fourth-order valence-electron chi connectivity index (χ4n) is 4.54. The molecule has 4 rings (SSSR count). The highest BCUT2D eigenvalue weighted by Crippen LogP contribution is 2.34. The van der Waals surface area contributed by atoms with Crippen molar-refractivity contribution in [2.45, 2.75) is 45.7 Å². The second kappa shape index (κ2) is 8.34. The molecular weight excluding hydrogens is 344 g/mol. The van der Waals surface area contributed by atoms with E-state index >= 15 is 0 Å². The molecule has 0 radical (unpaired) electrons. The number of hydrogen-bond acceptors (Lipinski definition) is 2. The smallest absolute Gasteiger partial charge is 0.0537 e. The Morgan fingerprint density at radius 3 is 2.71 bits per heavy atom. The van der Waals surface area contributed by atoms with E-state index in [4.69, 9.17) is 0 Å². The Morgan fingerprint density at radius 2 is 1.93 bits per heavy atom. The van der Waals surface area contributed by atoms with E-state index in [9.17, 15) is 5.11 Å². The summed E-state index contributed by atoms with van der Waals surface area (Å²) in [7, 11) is 0. The van der Waals surface area contributed by atoms with Crippen molar-refractivity contribution in [3.63, 3.8) is 0 Å². The molecule has 0 spiro atoms. The van der Waals surface area contributed by atoms with Gasteiger partial charge in [-0.25, -0.2) is 0 Å². The highest BCUT2D eigenvalue weighted by atomic mass is 16.2. The topological polar surface area (TPSA) is 39.3 Å². The van der Waals surface area contributed by atoms with Gasteiger partial charge in [0.2, 0.25) is 0 Å². The third kappa shape index (κ3) is 3.78. The number of aromatic amines is 1. The minimum atomic E-state index is 0.269.